The third-order valence-corrected chi connectivity index (χ3v) is 9.82. The number of halogens is 1. The van der Waals surface area contributed by atoms with Gasteiger partial charge in [0, 0.05) is 24.0 Å². The van der Waals surface area contributed by atoms with E-state index >= 15 is 0 Å². The minimum absolute atomic E-state index is 0.0725. The van der Waals surface area contributed by atoms with Crippen LogP contribution in [0.4, 0.5) is 5.69 Å². The molecule has 0 saturated heterocycles. The van der Waals surface area contributed by atoms with Crippen LogP contribution in [0.3, 0.4) is 0 Å². The number of para-hydroxylation sites is 1. The number of amides is 2. The molecular weight excluding hydrogens is 606 g/mol. The predicted molar refractivity (Wildman–Crippen MR) is 181 cm³/mol. The monoisotopic (exact) mass is 645 g/mol. The van der Waals surface area contributed by atoms with Gasteiger partial charge in [-0.05, 0) is 66.8 Å². The summed E-state index contributed by atoms with van der Waals surface area (Å²) in [6.07, 6.45) is 1.53. The van der Waals surface area contributed by atoms with Crippen molar-refractivity contribution in [2.24, 2.45) is 0 Å². The van der Waals surface area contributed by atoms with Crippen LogP contribution in [0.25, 0.3) is 0 Å². The average molecular weight is 646 g/mol. The van der Waals surface area contributed by atoms with Crippen molar-refractivity contribution in [2.45, 2.75) is 63.6 Å². The van der Waals surface area contributed by atoms with Crippen molar-refractivity contribution in [1.29, 1.82) is 0 Å². The first-order valence-electron chi connectivity index (χ1n) is 15.2. The number of anilines is 1. The first kappa shape index (κ1) is 33.7. The lowest BCUT2D eigenvalue weighted by Crippen LogP contribution is -2.54. The van der Waals surface area contributed by atoms with Gasteiger partial charge in [0.25, 0.3) is 10.0 Å². The van der Waals surface area contributed by atoms with Crippen LogP contribution < -0.4 is 9.62 Å². The topological polar surface area (TPSA) is 86.8 Å². The van der Waals surface area contributed by atoms with Crippen molar-refractivity contribution >= 4 is 39.1 Å². The highest BCUT2D eigenvalue weighted by Crippen LogP contribution is 2.28. The van der Waals surface area contributed by atoms with Gasteiger partial charge in [-0.1, -0.05) is 104 Å². The largest absolute Gasteiger partial charge is 0.352 e. The number of aryl methyl sites for hydroxylation is 1. The number of hydrogen-bond acceptors (Lipinski definition) is 4. The quantitative estimate of drug-likeness (QED) is 0.166. The molecule has 9 heteroatoms. The van der Waals surface area contributed by atoms with Crippen LogP contribution in [-0.4, -0.2) is 43.8 Å². The van der Waals surface area contributed by atoms with Gasteiger partial charge >= 0.3 is 0 Å². The molecule has 4 aromatic carbocycles. The van der Waals surface area contributed by atoms with Gasteiger partial charge in [0.1, 0.15) is 12.6 Å². The van der Waals surface area contributed by atoms with E-state index in [2.05, 4.69) is 5.32 Å². The second kappa shape index (κ2) is 15.7. The molecule has 0 saturated carbocycles. The Morgan fingerprint density at radius 3 is 2.02 bits per heavy atom. The molecule has 1 N–H and O–H groups in total. The number of nitrogens with one attached hydrogen (secondary N) is 1. The van der Waals surface area contributed by atoms with E-state index in [1.54, 1.807) is 54.6 Å². The van der Waals surface area contributed by atoms with Crippen molar-refractivity contribution in [1.82, 2.24) is 10.2 Å². The number of rotatable bonds is 14. The lowest BCUT2D eigenvalue weighted by molar-refractivity contribution is -0.140. The summed E-state index contributed by atoms with van der Waals surface area (Å²) in [7, 11) is -4.15. The Kier molecular flexibility index (Phi) is 11.8. The maximum absolute atomic E-state index is 14.6. The first-order chi connectivity index (χ1) is 21.6. The highest BCUT2D eigenvalue weighted by Gasteiger charge is 2.35. The van der Waals surface area contributed by atoms with Gasteiger partial charge in [-0.15, -0.1) is 0 Å². The lowest BCUT2D eigenvalue weighted by atomic mass is 10.0. The number of benzene rings is 4. The molecule has 0 spiro atoms. The van der Waals surface area contributed by atoms with Crippen molar-refractivity contribution in [2.75, 3.05) is 10.8 Å². The third-order valence-electron chi connectivity index (χ3n) is 7.79. The Bertz CT molecular complexity index is 1670. The van der Waals surface area contributed by atoms with Gasteiger partial charge in [-0.3, -0.25) is 13.9 Å². The lowest BCUT2D eigenvalue weighted by Gasteiger charge is -2.34. The number of hydrogen-bond donors (Lipinski definition) is 1. The van der Waals surface area contributed by atoms with E-state index in [0.29, 0.717) is 23.6 Å². The smallest absolute Gasteiger partial charge is 0.264 e. The van der Waals surface area contributed by atoms with Gasteiger partial charge in [0.05, 0.1) is 10.6 Å². The van der Waals surface area contributed by atoms with Crippen molar-refractivity contribution in [3.05, 3.63) is 131 Å². The molecule has 0 aromatic heterocycles. The summed E-state index contributed by atoms with van der Waals surface area (Å²) in [4.78, 5) is 30.1. The van der Waals surface area contributed by atoms with Crippen molar-refractivity contribution < 1.29 is 18.0 Å². The Labute approximate surface area is 271 Å². The molecule has 0 aliphatic rings. The summed E-state index contributed by atoms with van der Waals surface area (Å²) in [6, 6.07) is 30.8. The zero-order chi connectivity index (χ0) is 32.4. The molecule has 0 fully saturated rings. The zero-order valence-electron chi connectivity index (χ0n) is 25.9. The van der Waals surface area contributed by atoms with Gasteiger partial charge in [-0.25, -0.2) is 8.42 Å². The molecule has 4 aromatic rings. The van der Waals surface area contributed by atoms with Gasteiger partial charge in [-0.2, -0.15) is 0 Å². The summed E-state index contributed by atoms with van der Waals surface area (Å²) in [5.41, 5.74) is 2.84. The molecule has 0 heterocycles. The summed E-state index contributed by atoms with van der Waals surface area (Å²) in [5.74, 6) is -0.808. The molecule has 7 nitrogen and oxygen atoms in total. The van der Waals surface area contributed by atoms with E-state index in [0.717, 1.165) is 16.7 Å². The van der Waals surface area contributed by atoms with E-state index in [-0.39, 0.29) is 29.8 Å². The Balaban J connectivity index is 1.82. The molecule has 0 aliphatic heterocycles. The summed E-state index contributed by atoms with van der Waals surface area (Å²) in [5, 5.41) is 3.60. The predicted octanol–water partition coefficient (Wildman–Crippen LogP) is 6.65. The van der Waals surface area contributed by atoms with Crippen LogP contribution in [0.5, 0.6) is 0 Å². The van der Waals surface area contributed by atoms with E-state index < -0.39 is 28.5 Å². The van der Waals surface area contributed by atoms with Crippen LogP contribution in [0.1, 0.15) is 43.9 Å². The van der Waals surface area contributed by atoms with Crippen LogP contribution in [-0.2, 0) is 39.0 Å². The Hall–Kier alpha value is -4.14. The average Bonchev–Trinajstić information content (AvgIpc) is 3.06. The van der Waals surface area contributed by atoms with Crippen LogP contribution in [0.15, 0.2) is 114 Å². The highest BCUT2D eigenvalue weighted by atomic mass is 35.5. The fourth-order valence-electron chi connectivity index (χ4n) is 5.07. The molecule has 4 rings (SSSR count). The fraction of sp³-hybridized carbons (Fsp3) is 0.278. The molecule has 2 atom stereocenters. The van der Waals surface area contributed by atoms with E-state index in [9.17, 15) is 18.0 Å². The highest BCUT2D eigenvalue weighted by molar-refractivity contribution is 7.92. The minimum Gasteiger partial charge on any atom is -0.352 e. The molecule has 0 radical (unpaired) electrons. The normalized spacial score (nSPS) is 12.6. The standard InChI is InChI=1S/C36H40ClN3O4S/c1-4-27(3)38-36(42)34(24-28-14-8-6-9-15-28)39(25-29-20-22-31(37)23-21-29)35(41)26-40(33-19-13-12-16-30(33)5-2)45(43,44)32-17-10-7-11-18-32/h6-23,27,34H,4-5,24-26H2,1-3H3,(H,38,42)/t27-,34+/m1/s1. The van der Waals surface area contributed by atoms with Crippen LogP contribution >= 0.6 is 11.6 Å². The second-order valence-corrected chi connectivity index (χ2v) is 13.3. The number of nitrogens with zero attached hydrogens (tertiary/aromatic N) is 2. The maximum Gasteiger partial charge on any atom is 0.264 e. The van der Waals surface area contributed by atoms with Gasteiger partial charge < -0.3 is 10.2 Å². The molecule has 236 valence electrons. The number of carbonyl (C=O) groups excluding carboxylic acids is 2. The molecule has 0 aliphatic carbocycles. The SMILES string of the molecule is CCc1ccccc1N(CC(=O)N(Cc1ccc(Cl)cc1)[C@@H](Cc1ccccc1)C(=O)N[C@H](C)CC)S(=O)(=O)c1ccccc1. The molecule has 45 heavy (non-hydrogen) atoms. The minimum atomic E-state index is -4.15. The van der Waals surface area contributed by atoms with Crippen molar-refractivity contribution in [3.8, 4) is 0 Å². The molecular formula is C36H40ClN3O4S. The fourth-order valence-corrected chi connectivity index (χ4v) is 6.67. The van der Waals surface area contributed by atoms with Crippen LogP contribution in [0, 0.1) is 0 Å². The second-order valence-electron chi connectivity index (χ2n) is 11.0. The van der Waals surface area contributed by atoms with Gasteiger partial charge in [0.15, 0.2) is 0 Å². The Morgan fingerprint density at radius 1 is 0.800 bits per heavy atom. The molecule has 2 amide bonds. The zero-order valence-corrected chi connectivity index (χ0v) is 27.5. The maximum atomic E-state index is 14.6. The van der Waals surface area contributed by atoms with Crippen molar-refractivity contribution in [3.63, 3.8) is 0 Å². The summed E-state index contributed by atoms with van der Waals surface area (Å²) in [6.45, 7) is 5.42. The van der Waals surface area contributed by atoms with Gasteiger partial charge in [0.2, 0.25) is 11.8 Å². The first-order valence-corrected chi connectivity index (χ1v) is 17.0. The van der Waals surface area contributed by atoms with E-state index in [1.165, 1.54) is 21.3 Å². The van der Waals surface area contributed by atoms with Crippen LogP contribution in [0.2, 0.25) is 5.02 Å². The third kappa shape index (κ3) is 8.74. The molecule has 0 unspecified atom stereocenters. The van der Waals surface area contributed by atoms with E-state index in [1.807, 2.05) is 63.2 Å². The Morgan fingerprint density at radius 2 is 1.40 bits per heavy atom. The van der Waals surface area contributed by atoms with E-state index in [4.69, 9.17) is 11.6 Å². The summed E-state index contributed by atoms with van der Waals surface area (Å²) < 4.78 is 29.6. The number of carbonyl (C=O) groups is 2. The molecule has 0 bridgehead atoms. The number of sulfonamides is 1. The summed E-state index contributed by atoms with van der Waals surface area (Å²) >= 11 is 6.16.